The zero-order valence-corrected chi connectivity index (χ0v) is 9.13. The molecule has 66 valence electrons. The predicted octanol–water partition coefficient (Wildman–Crippen LogP) is 4.13. The molecule has 0 N–H and O–H groups in total. The van der Waals surface area contributed by atoms with E-state index in [0.29, 0.717) is 0 Å². The van der Waals surface area contributed by atoms with E-state index in [1.807, 2.05) is 32.0 Å². The molecule has 0 atom stereocenters. The summed E-state index contributed by atoms with van der Waals surface area (Å²) in [5.74, 6) is 0. The van der Waals surface area contributed by atoms with Gasteiger partial charge in [0.2, 0.25) is 3.79 Å². The van der Waals surface area contributed by atoms with Gasteiger partial charge in [0.15, 0.2) is 0 Å². The standard InChI is InChI=1S/C9H9Cl3/c1-6-3-4-7(2)8(5-6)9(10,11)12/h3-5H,1-2H3. The molecule has 0 saturated carbocycles. The molecule has 0 aliphatic rings. The SMILES string of the molecule is Cc1ccc(C)c(C(Cl)(Cl)Cl)c1. The minimum absolute atomic E-state index is 0.757. The molecule has 0 aromatic heterocycles. The first-order valence-electron chi connectivity index (χ1n) is 3.55. The van der Waals surface area contributed by atoms with Gasteiger partial charge in [-0.2, -0.15) is 0 Å². The van der Waals surface area contributed by atoms with Crippen molar-refractivity contribution in [3.63, 3.8) is 0 Å². The van der Waals surface area contributed by atoms with Crippen LogP contribution in [0.3, 0.4) is 0 Å². The maximum absolute atomic E-state index is 5.77. The average molecular weight is 224 g/mol. The Hall–Kier alpha value is 0.0900. The predicted molar refractivity (Wildman–Crippen MR) is 55.2 cm³/mol. The zero-order valence-electron chi connectivity index (χ0n) is 6.87. The van der Waals surface area contributed by atoms with Crippen LogP contribution in [0.5, 0.6) is 0 Å². The minimum atomic E-state index is -1.31. The maximum atomic E-state index is 5.77. The van der Waals surface area contributed by atoms with Crippen molar-refractivity contribution in [2.24, 2.45) is 0 Å². The molecule has 1 aromatic carbocycles. The Morgan fingerprint density at radius 1 is 1.08 bits per heavy atom. The average Bonchev–Trinajstić information content (AvgIpc) is 1.92. The molecule has 0 spiro atoms. The quantitative estimate of drug-likeness (QED) is 0.580. The van der Waals surface area contributed by atoms with Crippen LogP contribution in [0.1, 0.15) is 16.7 Å². The second kappa shape index (κ2) is 3.45. The van der Waals surface area contributed by atoms with Crippen LogP contribution in [0, 0.1) is 13.8 Å². The van der Waals surface area contributed by atoms with E-state index in [2.05, 4.69) is 0 Å². The molecule has 1 aromatic rings. The number of benzene rings is 1. The number of aryl methyl sites for hydroxylation is 2. The molecular formula is C9H9Cl3. The Bertz CT molecular complexity index is 286. The normalized spacial score (nSPS) is 11.8. The highest BCUT2D eigenvalue weighted by atomic mass is 35.6. The highest BCUT2D eigenvalue weighted by Crippen LogP contribution is 2.40. The molecule has 0 radical (unpaired) electrons. The van der Waals surface area contributed by atoms with Crippen LogP contribution in [-0.4, -0.2) is 0 Å². The second-order valence-corrected chi connectivity index (χ2v) is 5.10. The highest BCUT2D eigenvalue weighted by Gasteiger charge is 2.24. The lowest BCUT2D eigenvalue weighted by Gasteiger charge is -2.14. The van der Waals surface area contributed by atoms with Gasteiger partial charge < -0.3 is 0 Å². The topological polar surface area (TPSA) is 0 Å². The summed E-state index contributed by atoms with van der Waals surface area (Å²) in [4.78, 5) is 0. The van der Waals surface area contributed by atoms with Crippen LogP contribution in [-0.2, 0) is 3.79 Å². The fraction of sp³-hybridized carbons (Fsp3) is 0.333. The number of rotatable bonds is 0. The molecule has 1 rings (SSSR count). The smallest absolute Gasteiger partial charge is 0.0784 e. The summed E-state index contributed by atoms with van der Waals surface area (Å²) in [6, 6.07) is 5.84. The van der Waals surface area contributed by atoms with Crippen LogP contribution < -0.4 is 0 Å². The molecule has 0 unspecified atom stereocenters. The molecule has 0 saturated heterocycles. The van der Waals surface area contributed by atoms with Crippen LogP contribution in [0.2, 0.25) is 0 Å². The van der Waals surface area contributed by atoms with Crippen molar-refractivity contribution in [1.29, 1.82) is 0 Å². The molecular weight excluding hydrogens is 214 g/mol. The Morgan fingerprint density at radius 3 is 2.08 bits per heavy atom. The number of halogens is 3. The van der Waals surface area contributed by atoms with Gasteiger partial charge in [-0.25, -0.2) is 0 Å². The van der Waals surface area contributed by atoms with Crippen LogP contribution >= 0.6 is 34.8 Å². The Balaban J connectivity index is 3.23. The van der Waals surface area contributed by atoms with E-state index in [-0.39, 0.29) is 0 Å². The van der Waals surface area contributed by atoms with E-state index in [1.54, 1.807) is 0 Å². The van der Waals surface area contributed by atoms with E-state index in [1.165, 1.54) is 0 Å². The summed E-state index contributed by atoms with van der Waals surface area (Å²) in [6.07, 6.45) is 0. The van der Waals surface area contributed by atoms with Crippen molar-refractivity contribution < 1.29 is 0 Å². The lowest BCUT2D eigenvalue weighted by Crippen LogP contribution is -2.03. The molecule has 0 heterocycles. The molecule has 0 aliphatic carbocycles. The monoisotopic (exact) mass is 222 g/mol. The van der Waals surface area contributed by atoms with Crippen LogP contribution in [0.4, 0.5) is 0 Å². The van der Waals surface area contributed by atoms with E-state index in [0.717, 1.165) is 16.7 Å². The maximum Gasteiger partial charge on any atom is 0.216 e. The number of hydrogen-bond acceptors (Lipinski definition) is 0. The summed E-state index contributed by atoms with van der Waals surface area (Å²) in [5.41, 5.74) is 2.86. The van der Waals surface area contributed by atoms with Crippen molar-refractivity contribution in [2.75, 3.05) is 0 Å². The third-order valence-corrected chi connectivity index (χ3v) is 2.31. The third kappa shape index (κ3) is 2.29. The molecule has 0 fully saturated rings. The zero-order chi connectivity index (χ0) is 9.35. The second-order valence-electron chi connectivity index (χ2n) is 2.82. The summed E-state index contributed by atoms with van der Waals surface area (Å²) < 4.78 is -1.31. The van der Waals surface area contributed by atoms with Gasteiger partial charge in [0.05, 0.1) is 0 Å². The highest BCUT2D eigenvalue weighted by molar-refractivity contribution is 6.66. The fourth-order valence-electron chi connectivity index (χ4n) is 1.04. The van der Waals surface area contributed by atoms with E-state index in [9.17, 15) is 0 Å². The fourth-order valence-corrected chi connectivity index (χ4v) is 1.65. The van der Waals surface area contributed by atoms with Gasteiger partial charge in [0.25, 0.3) is 0 Å². The molecule has 0 aliphatic heterocycles. The van der Waals surface area contributed by atoms with Crippen molar-refractivity contribution >= 4 is 34.8 Å². The molecule has 0 nitrogen and oxygen atoms in total. The lowest BCUT2D eigenvalue weighted by molar-refractivity contribution is 1.17. The van der Waals surface area contributed by atoms with E-state index >= 15 is 0 Å². The van der Waals surface area contributed by atoms with Crippen molar-refractivity contribution in [1.82, 2.24) is 0 Å². The van der Waals surface area contributed by atoms with Crippen LogP contribution in [0.25, 0.3) is 0 Å². The number of hydrogen-bond donors (Lipinski definition) is 0. The first-order valence-corrected chi connectivity index (χ1v) is 4.69. The summed E-state index contributed by atoms with van der Waals surface area (Å²) in [7, 11) is 0. The Labute approximate surface area is 87.4 Å². The molecule has 0 bridgehead atoms. The first-order chi connectivity index (χ1) is 5.41. The third-order valence-electron chi connectivity index (χ3n) is 1.70. The van der Waals surface area contributed by atoms with E-state index < -0.39 is 3.79 Å². The van der Waals surface area contributed by atoms with Crippen molar-refractivity contribution in [3.8, 4) is 0 Å². The van der Waals surface area contributed by atoms with Gasteiger partial charge in [0.1, 0.15) is 0 Å². The largest absolute Gasteiger partial charge is 0.216 e. The van der Waals surface area contributed by atoms with Crippen molar-refractivity contribution in [2.45, 2.75) is 17.6 Å². The summed E-state index contributed by atoms with van der Waals surface area (Å²) in [6.45, 7) is 3.90. The van der Waals surface area contributed by atoms with Gasteiger partial charge in [-0.1, -0.05) is 58.6 Å². The summed E-state index contributed by atoms with van der Waals surface area (Å²) >= 11 is 17.3. The van der Waals surface area contributed by atoms with Gasteiger partial charge >= 0.3 is 0 Å². The van der Waals surface area contributed by atoms with Crippen LogP contribution in [0.15, 0.2) is 18.2 Å². The van der Waals surface area contributed by atoms with E-state index in [4.69, 9.17) is 34.8 Å². The van der Waals surface area contributed by atoms with Crippen molar-refractivity contribution in [3.05, 3.63) is 34.9 Å². The molecule has 12 heavy (non-hydrogen) atoms. The molecule has 3 heteroatoms. The first kappa shape index (κ1) is 10.2. The minimum Gasteiger partial charge on any atom is -0.0784 e. The number of alkyl halides is 3. The van der Waals surface area contributed by atoms with Gasteiger partial charge in [-0.05, 0) is 19.4 Å². The Morgan fingerprint density at radius 2 is 1.67 bits per heavy atom. The lowest BCUT2D eigenvalue weighted by atomic mass is 10.1. The molecule has 0 amide bonds. The van der Waals surface area contributed by atoms with Gasteiger partial charge in [0, 0.05) is 5.56 Å². The van der Waals surface area contributed by atoms with Gasteiger partial charge in [-0.15, -0.1) is 0 Å². The Kier molecular flexibility index (Phi) is 2.92. The summed E-state index contributed by atoms with van der Waals surface area (Å²) in [5, 5.41) is 0. The van der Waals surface area contributed by atoms with Gasteiger partial charge in [-0.3, -0.25) is 0 Å².